The molecular weight excluding hydrogens is 376 g/mol. The van der Waals surface area contributed by atoms with Gasteiger partial charge >= 0.3 is 0 Å². The number of hydrogen-bond acceptors (Lipinski definition) is 2. The fraction of sp³-hybridized carbons (Fsp3) is 0.278. The van der Waals surface area contributed by atoms with Crippen molar-refractivity contribution in [2.75, 3.05) is 18.4 Å². The molecule has 0 aromatic heterocycles. The second-order valence-electron chi connectivity index (χ2n) is 5.24. The average Bonchev–Trinajstić information content (AvgIpc) is 2.55. The first-order valence-corrected chi connectivity index (χ1v) is 8.78. The summed E-state index contributed by atoms with van der Waals surface area (Å²) in [6.07, 6.45) is 0. The lowest BCUT2D eigenvalue weighted by Gasteiger charge is -2.18. The summed E-state index contributed by atoms with van der Waals surface area (Å²) in [5.74, 6) is -0.212. The van der Waals surface area contributed by atoms with Crippen molar-refractivity contribution < 1.29 is 4.79 Å². The van der Waals surface area contributed by atoms with Crippen molar-refractivity contribution in [1.82, 2.24) is 4.90 Å². The largest absolute Gasteiger partial charge is 0.322 e. The van der Waals surface area contributed by atoms with Gasteiger partial charge in [0, 0.05) is 16.7 Å². The highest BCUT2D eigenvalue weighted by Crippen LogP contribution is 2.22. The van der Waals surface area contributed by atoms with Gasteiger partial charge in [0.1, 0.15) is 0 Å². The standard InChI is InChI=1S/C18H20BrClN2O/c1-3-22(4-2)12-13-6-5-7-15(10-13)21-18(23)16-11-14(19)8-9-17(16)20/h5-11H,3-4,12H2,1-2H3,(H,21,23). The van der Waals surface area contributed by atoms with Crippen molar-refractivity contribution in [3.8, 4) is 0 Å². The lowest BCUT2D eigenvalue weighted by atomic mass is 10.1. The minimum Gasteiger partial charge on any atom is -0.322 e. The van der Waals surface area contributed by atoms with Crippen molar-refractivity contribution in [3.63, 3.8) is 0 Å². The normalized spacial score (nSPS) is 10.8. The third kappa shape index (κ3) is 5.06. The lowest BCUT2D eigenvalue weighted by Crippen LogP contribution is -2.22. The summed E-state index contributed by atoms with van der Waals surface area (Å²) in [5.41, 5.74) is 2.40. The topological polar surface area (TPSA) is 32.3 Å². The van der Waals surface area contributed by atoms with Crippen LogP contribution in [0.2, 0.25) is 5.02 Å². The third-order valence-corrected chi connectivity index (χ3v) is 4.48. The number of carbonyl (C=O) groups is 1. The molecule has 2 aromatic carbocycles. The molecule has 2 aromatic rings. The molecule has 0 aliphatic rings. The van der Waals surface area contributed by atoms with Gasteiger partial charge in [-0.2, -0.15) is 0 Å². The predicted octanol–water partition coefficient (Wildman–Crippen LogP) is 5.20. The van der Waals surface area contributed by atoms with Gasteiger partial charge < -0.3 is 5.32 Å². The summed E-state index contributed by atoms with van der Waals surface area (Å²) in [7, 11) is 0. The molecular formula is C18H20BrClN2O. The van der Waals surface area contributed by atoms with Gasteiger partial charge in [0.2, 0.25) is 0 Å². The zero-order valence-electron chi connectivity index (χ0n) is 13.3. The van der Waals surface area contributed by atoms with E-state index in [0.717, 1.165) is 29.8 Å². The SMILES string of the molecule is CCN(CC)Cc1cccc(NC(=O)c2cc(Br)ccc2Cl)c1. The number of benzene rings is 2. The van der Waals surface area contributed by atoms with Gasteiger partial charge in [-0.05, 0) is 49.0 Å². The zero-order valence-corrected chi connectivity index (χ0v) is 15.6. The van der Waals surface area contributed by atoms with E-state index in [1.165, 1.54) is 5.56 Å². The van der Waals surface area contributed by atoms with E-state index in [-0.39, 0.29) is 5.91 Å². The third-order valence-electron chi connectivity index (χ3n) is 3.66. The molecule has 1 N–H and O–H groups in total. The highest BCUT2D eigenvalue weighted by Gasteiger charge is 2.11. The van der Waals surface area contributed by atoms with E-state index in [1.807, 2.05) is 24.3 Å². The maximum absolute atomic E-state index is 12.4. The Labute approximate surface area is 150 Å². The van der Waals surface area contributed by atoms with Gasteiger partial charge in [0.05, 0.1) is 10.6 Å². The van der Waals surface area contributed by atoms with Gasteiger partial charge in [-0.15, -0.1) is 0 Å². The summed E-state index contributed by atoms with van der Waals surface area (Å²) in [4.78, 5) is 14.7. The molecule has 3 nitrogen and oxygen atoms in total. The number of amides is 1. The van der Waals surface area contributed by atoms with Crippen LogP contribution >= 0.6 is 27.5 Å². The molecule has 0 saturated carbocycles. The molecule has 122 valence electrons. The van der Waals surface area contributed by atoms with Crippen molar-refractivity contribution in [2.45, 2.75) is 20.4 Å². The monoisotopic (exact) mass is 394 g/mol. The van der Waals surface area contributed by atoms with Crippen molar-refractivity contribution >= 4 is 39.1 Å². The first-order chi connectivity index (χ1) is 11.0. The number of nitrogens with zero attached hydrogens (tertiary/aromatic N) is 1. The maximum Gasteiger partial charge on any atom is 0.257 e. The summed E-state index contributed by atoms with van der Waals surface area (Å²) in [6.45, 7) is 7.16. The molecule has 23 heavy (non-hydrogen) atoms. The summed E-state index contributed by atoms with van der Waals surface area (Å²) >= 11 is 9.47. The van der Waals surface area contributed by atoms with Crippen LogP contribution in [-0.4, -0.2) is 23.9 Å². The van der Waals surface area contributed by atoms with E-state index in [9.17, 15) is 4.79 Å². The zero-order chi connectivity index (χ0) is 16.8. The Balaban J connectivity index is 2.13. The molecule has 1 amide bonds. The lowest BCUT2D eigenvalue weighted by molar-refractivity contribution is 0.102. The van der Waals surface area contributed by atoms with Gasteiger partial charge in [-0.1, -0.05) is 53.5 Å². The molecule has 0 aliphatic carbocycles. The van der Waals surface area contributed by atoms with Gasteiger partial charge in [-0.3, -0.25) is 9.69 Å². The van der Waals surface area contributed by atoms with Crippen LogP contribution in [0.4, 0.5) is 5.69 Å². The molecule has 0 spiro atoms. The molecule has 0 atom stereocenters. The molecule has 0 fully saturated rings. The smallest absolute Gasteiger partial charge is 0.257 e. The molecule has 0 saturated heterocycles. The Morgan fingerprint density at radius 2 is 1.91 bits per heavy atom. The Morgan fingerprint density at radius 3 is 2.61 bits per heavy atom. The van der Waals surface area contributed by atoms with Gasteiger partial charge in [0.15, 0.2) is 0 Å². The van der Waals surface area contributed by atoms with Crippen LogP contribution in [0.1, 0.15) is 29.8 Å². The van der Waals surface area contributed by atoms with E-state index in [2.05, 4.69) is 46.1 Å². The van der Waals surface area contributed by atoms with Crippen LogP contribution in [0, 0.1) is 0 Å². The second kappa shape index (κ2) is 8.48. The number of anilines is 1. The Hall–Kier alpha value is -1.36. The summed E-state index contributed by atoms with van der Waals surface area (Å²) in [5, 5.41) is 3.35. The highest BCUT2D eigenvalue weighted by atomic mass is 79.9. The number of rotatable bonds is 6. The Bertz CT molecular complexity index is 686. The minimum absolute atomic E-state index is 0.212. The Kier molecular flexibility index (Phi) is 6.63. The summed E-state index contributed by atoms with van der Waals surface area (Å²) in [6, 6.07) is 13.1. The van der Waals surface area contributed by atoms with Crippen molar-refractivity contribution in [3.05, 3.63) is 63.1 Å². The van der Waals surface area contributed by atoms with Crippen LogP contribution in [-0.2, 0) is 6.54 Å². The highest BCUT2D eigenvalue weighted by molar-refractivity contribution is 9.10. The van der Waals surface area contributed by atoms with Gasteiger partial charge in [-0.25, -0.2) is 0 Å². The summed E-state index contributed by atoms with van der Waals surface area (Å²) < 4.78 is 0.822. The van der Waals surface area contributed by atoms with Gasteiger partial charge in [0.25, 0.3) is 5.91 Å². The van der Waals surface area contributed by atoms with Crippen molar-refractivity contribution in [1.29, 1.82) is 0 Å². The number of hydrogen-bond donors (Lipinski definition) is 1. The molecule has 0 aliphatic heterocycles. The van der Waals surface area contributed by atoms with E-state index >= 15 is 0 Å². The molecule has 0 heterocycles. The van der Waals surface area contributed by atoms with Crippen molar-refractivity contribution in [2.24, 2.45) is 0 Å². The molecule has 2 rings (SSSR count). The minimum atomic E-state index is -0.212. The van der Waals surface area contributed by atoms with Crippen LogP contribution in [0.15, 0.2) is 46.9 Å². The molecule has 0 unspecified atom stereocenters. The number of carbonyl (C=O) groups excluding carboxylic acids is 1. The number of nitrogens with one attached hydrogen (secondary N) is 1. The van der Waals surface area contributed by atoms with E-state index < -0.39 is 0 Å². The van der Waals surface area contributed by atoms with Crippen LogP contribution < -0.4 is 5.32 Å². The van der Waals surface area contributed by atoms with E-state index in [0.29, 0.717) is 10.6 Å². The quantitative estimate of drug-likeness (QED) is 0.729. The fourth-order valence-electron chi connectivity index (χ4n) is 2.32. The predicted molar refractivity (Wildman–Crippen MR) is 100 cm³/mol. The maximum atomic E-state index is 12.4. The molecule has 0 bridgehead atoms. The second-order valence-corrected chi connectivity index (χ2v) is 6.56. The van der Waals surface area contributed by atoms with Crippen LogP contribution in [0.3, 0.4) is 0 Å². The molecule has 0 radical (unpaired) electrons. The van der Waals surface area contributed by atoms with E-state index in [4.69, 9.17) is 11.6 Å². The first kappa shape index (κ1) is 18.0. The number of halogens is 2. The molecule has 5 heteroatoms. The average molecular weight is 396 g/mol. The van der Waals surface area contributed by atoms with Crippen LogP contribution in [0.25, 0.3) is 0 Å². The van der Waals surface area contributed by atoms with Crippen LogP contribution in [0.5, 0.6) is 0 Å². The van der Waals surface area contributed by atoms with E-state index in [1.54, 1.807) is 12.1 Å². The first-order valence-electron chi connectivity index (χ1n) is 7.61. The Morgan fingerprint density at radius 1 is 1.17 bits per heavy atom. The fourth-order valence-corrected chi connectivity index (χ4v) is 2.89.